The van der Waals surface area contributed by atoms with E-state index >= 15 is 0 Å². The summed E-state index contributed by atoms with van der Waals surface area (Å²) >= 11 is 2.22. The van der Waals surface area contributed by atoms with E-state index in [9.17, 15) is 4.79 Å². The number of ether oxygens (including phenoxy) is 1. The number of nitrogens with zero attached hydrogens (tertiary/aromatic N) is 1. The molecule has 0 N–H and O–H groups in total. The van der Waals surface area contributed by atoms with Crippen LogP contribution in [0.5, 0.6) is 0 Å². The molecule has 2 aromatic carbocycles. The fourth-order valence-corrected chi connectivity index (χ4v) is 2.60. The average molecular weight is 395 g/mol. The van der Waals surface area contributed by atoms with E-state index < -0.39 is 0 Å². The Hall–Kier alpha value is -1.40. The molecule has 0 aliphatic rings. The minimum absolute atomic E-state index is 0.0365. The zero-order chi connectivity index (χ0) is 15.1. The minimum Gasteiger partial charge on any atom is -0.383 e. The summed E-state index contributed by atoms with van der Waals surface area (Å²) in [5.74, 6) is 0.0365. The lowest BCUT2D eigenvalue weighted by molar-refractivity contribution is 0.0680. The van der Waals surface area contributed by atoms with Gasteiger partial charge in [-0.25, -0.2) is 0 Å². The molecule has 0 aliphatic carbocycles. The fourth-order valence-electron chi connectivity index (χ4n) is 2.06. The lowest BCUT2D eigenvalue weighted by Crippen LogP contribution is -2.33. The van der Waals surface area contributed by atoms with Crippen molar-refractivity contribution in [2.45, 2.75) is 6.54 Å². The second kappa shape index (κ2) is 8.14. The van der Waals surface area contributed by atoms with Gasteiger partial charge in [-0.1, -0.05) is 36.4 Å². The molecule has 0 aliphatic heterocycles. The Balaban J connectivity index is 2.17. The van der Waals surface area contributed by atoms with E-state index in [1.807, 2.05) is 59.5 Å². The first-order valence-corrected chi connectivity index (χ1v) is 7.86. The van der Waals surface area contributed by atoms with Crippen molar-refractivity contribution < 1.29 is 9.53 Å². The fraction of sp³-hybridized carbons (Fsp3) is 0.235. The quantitative estimate of drug-likeness (QED) is 0.700. The Morgan fingerprint density at radius 2 is 1.90 bits per heavy atom. The van der Waals surface area contributed by atoms with Gasteiger partial charge in [-0.05, 0) is 46.4 Å². The summed E-state index contributed by atoms with van der Waals surface area (Å²) in [7, 11) is 1.65. The molecule has 0 bridgehead atoms. The molecule has 0 aromatic heterocycles. The van der Waals surface area contributed by atoms with Gasteiger partial charge in [0.05, 0.1) is 6.61 Å². The zero-order valence-corrected chi connectivity index (χ0v) is 14.1. The first kappa shape index (κ1) is 16.0. The highest BCUT2D eigenvalue weighted by Crippen LogP contribution is 2.13. The van der Waals surface area contributed by atoms with E-state index in [-0.39, 0.29) is 5.91 Å². The monoisotopic (exact) mass is 395 g/mol. The second-order valence-corrected chi connectivity index (χ2v) is 5.96. The molecule has 0 spiro atoms. The van der Waals surface area contributed by atoms with Gasteiger partial charge in [0.15, 0.2) is 0 Å². The number of amides is 1. The molecule has 0 atom stereocenters. The maximum atomic E-state index is 12.7. The normalized spacial score (nSPS) is 10.4. The first-order valence-electron chi connectivity index (χ1n) is 6.78. The van der Waals surface area contributed by atoms with Crippen molar-refractivity contribution in [1.82, 2.24) is 4.90 Å². The van der Waals surface area contributed by atoms with Crippen molar-refractivity contribution in [3.05, 3.63) is 69.3 Å². The Labute approximate surface area is 139 Å². The van der Waals surface area contributed by atoms with Crippen LogP contribution < -0.4 is 0 Å². The largest absolute Gasteiger partial charge is 0.383 e. The van der Waals surface area contributed by atoms with Gasteiger partial charge in [-0.2, -0.15) is 0 Å². The highest BCUT2D eigenvalue weighted by molar-refractivity contribution is 14.1. The predicted octanol–water partition coefficient (Wildman–Crippen LogP) is 3.58. The topological polar surface area (TPSA) is 29.5 Å². The molecule has 21 heavy (non-hydrogen) atoms. The average Bonchev–Trinajstić information content (AvgIpc) is 2.51. The van der Waals surface area contributed by atoms with Crippen LogP contribution >= 0.6 is 22.6 Å². The minimum atomic E-state index is 0.0365. The SMILES string of the molecule is COCCN(Cc1ccccc1)C(=O)c1cccc(I)c1. The van der Waals surface area contributed by atoms with Crippen molar-refractivity contribution in [2.24, 2.45) is 0 Å². The standard InChI is InChI=1S/C17H18INO2/c1-21-11-10-19(13-14-6-3-2-4-7-14)17(20)15-8-5-9-16(18)12-15/h2-9,12H,10-11,13H2,1H3. The predicted molar refractivity (Wildman–Crippen MR) is 92.2 cm³/mol. The van der Waals surface area contributed by atoms with Crippen molar-refractivity contribution in [1.29, 1.82) is 0 Å². The van der Waals surface area contributed by atoms with Gasteiger partial charge >= 0.3 is 0 Å². The number of rotatable bonds is 6. The Morgan fingerprint density at radius 1 is 1.14 bits per heavy atom. The molecule has 1 amide bonds. The molecule has 0 saturated heterocycles. The smallest absolute Gasteiger partial charge is 0.254 e. The summed E-state index contributed by atoms with van der Waals surface area (Å²) in [4.78, 5) is 14.5. The number of hydrogen-bond donors (Lipinski definition) is 0. The van der Waals surface area contributed by atoms with E-state index in [1.165, 1.54) is 0 Å². The molecule has 2 aromatic rings. The molecule has 0 fully saturated rings. The maximum Gasteiger partial charge on any atom is 0.254 e. The molecule has 0 saturated carbocycles. The van der Waals surface area contributed by atoms with Crippen LogP contribution in [-0.2, 0) is 11.3 Å². The summed E-state index contributed by atoms with van der Waals surface area (Å²) in [5, 5.41) is 0. The van der Waals surface area contributed by atoms with Gasteiger partial charge in [-0.3, -0.25) is 4.79 Å². The van der Waals surface area contributed by atoms with Crippen LogP contribution in [0.4, 0.5) is 0 Å². The number of benzene rings is 2. The highest BCUT2D eigenvalue weighted by atomic mass is 127. The molecule has 2 rings (SSSR count). The molecule has 3 nitrogen and oxygen atoms in total. The van der Waals surface area contributed by atoms with Crippen LogP contribution in [0.25, 0.3) is 0 Å². The Kier molecular flexibility index (Phi) is 6.20. The number of carbonyl (C=O) groups is 1. The Bertz CT molecular complexity index is 586. The lowest BCUT2D eigenvalue weighted by Gasteiger charge is -2.22. The maximum absolute atomic E-state index is 12.7. The van der Waals surface area contributed by atoms with Crippen LogP contribution in [0.15, 0.2) is 54.6 Å². The summed E-state index contributed by atoms with van der Waals surface area (Å²) in [5.41, 5.74) is 1.83. The summed E-state index contributed by atoms with van der Waals surface area (Å²) < 4.78 is 6.18. The van der Waals surface area contributed by atoms with E-state index in [1.54, 1.807) is 7.11 Å². The molecule has 0 unspecified atom stereocenters. The van der Waals surface area contributed by atoms with E-state index in [0.717, 1.165) is 9.13 Å². The van der Waals surface area contributed by atoms with Crippen LogP contribution in [0.2, 0.25) is 0 Å². The highest BCUT2D eigenvalue weighted by Gasteiger charge is 2.16. The van der Waals surface area contributed by atoms with Crippen LogP contribution in [-0.4, -0.2) is 31.1 Å². The molecule has 4 heteroatoms. The van der Waals surface area contributed by atoms with Gasteiger partial charge in [-0.15, -0.1) is 0 Å². The van der Waals surface area contributed by atoms with Crippen LogP contribution in [0.1, 0.15) is 15.9 Å². The van der Waals surface area contributed by atoms with Crippen molar-refractivity contribution in [3.63, 3.8) is 0 Å². The van der Waals surface area contributed by atoms with Crippen molar-refractivity contribution in [2.75, 3.05) is 20.3 Å². The van der Waals surface area contributed by atoms with E-state index in [4.69, 9.17) is 4.74 Å². The number of halogens is 1. The number of hydrogen-bond acceptors (Lipinski definition) is 2. The van der Waals surface area contributed by atoms with Crippen LogP contribution in [0, 0.1) is 3.57 Å². The van der Waals surface area contributed by atoms with Crippen LogP contribution in [0.3, 0.4) is 0 Å². The molecular formula is C17H18INO2. The first-order chi connectivity index (χ1) is 10.2. The lowest BCUT2D eigenvalue weighted by atomic mass is 10.1. The van der Waals surface area contributed by atoms with Gasteiger partial charge in [0.25, 0.3) is 5.91 Å². The third-order valence-electron chi connectivity index (χ3n) is 3.14. The molecular weight excluding hydrogens is 377 g/mol. The van der Waals surface area contributed by atoms with Gasteiger partial charge in [0, 0.05) is 29.3 Å². The number of methoxy groups -OCH3 is 1. The zero-order valence-electron chi connectivity index (χ0n) is 12.0. The van der Waals surface area contributed by atoms with Gasteiger partial charge < -0.3 is 9.64 Å². The molecule has 110 valence electrons. The molecule has 0 radical (unpaired) electrons. The van der Waals surface area contributed by atoms with Gasteiger partial charge in [0.2, 0.25) is 0 Å². The van der Waals surface area contributed by atoms with Gasteiger partial charge in [0.1, 0.15) is 0 Å². The third kappa shape index (κ3) is 4.82. The summed E-state index contributed by atoms with van der Waals surface area (Å²) in [6.07, 6.45) is 0. The van der Waals surface area contributed by atoms with Crippen molar-refractivity contribution >= 4 is 28.5 Å². The number of carbonyl (C=O) groups excluding carboxylic acids is 1. The summed E-state index contributed by atoms with van der Waals surface area (Å²) in [6, 6.07) is 17.7. The Morgan fingerprint density at radius 3 is 2.57 bits per heavy atom. The second-order valence-electron chi connectivity index (χ2n) is 4.72. The van der Waals surface area contributed by atoms with Crippen molar-refractivity contribution in [3.8, 4) is 0 Å². The third-order valence-corrected chi connectivity index (χ3v) is 3.81. The summed E-state index contributed by atoms with van der Waals surface area (Å²) in [6.45, 7) is 1.70. The molecule has 0 heterocycles. The van der Waals surface area contributed by atoms with E-state index in [2.05, 4.69) is 22.6 Å². The van der Waals surface area contributed by atoms with E-state index in [0.29, 0.717) is 25.3 Å².